The molecule has 18 heteroatoms. The van der Waals surface area contributed by atoms with Crippen molar-refractivity contribution in [2.45, 2.75) is 88.5 Å². The lowest BCUT2D eigenvalue weighted by molar-refractivity contribution is -0.196. The Labute approximate surface area is 328 Å². The number of rotatable bonds is 11. The van der Waals surface area contributed by atoms with Crippen LogP contribution in [0.1, 0.15) is 96.7 Å². The molecule has 6 fully saturated rings. The fraction of sp³-hybridized carbons (Fsp3) is 0.564. The predicted molar refractivity (Wildman–Crippen MR) is 202 cm³/mol. The molecular formula is C39H47N11O7. The third-order valence-corrected chi connectivity index (χ3v) is 13.0. The van der Waals surface area contributed by atoms with Crippen molar-refractivity contribution < 1.29 is 33.9 Å². The van der Waals surface area contributed by atoms with Crippen molar-refractivity contribution in [3.63, 3.8) is 0 Å². The number of carboxylic acid groups (broad SMARTS) is 1. The first kappa shape index (κ1) is 37.3. The minimum Gasteiger partial charge on any atom is -0.480 e. The Hall–Kier alpha value is -5.33. The SMILES string of the molecule is CC(=O)NC1CC(n2cnc3c(NCC4CCN(C[C@@H]5C6CCN(CC6)N5[C@H](C(=O)O)c5cccc6c5C(=O)N([C@H]5CCC(=O)NC5=O)C6=O)CC4)ncnc32)C1. The highest BCUT2D eigenvalue weighted by Crippen LogP contribution is 2.42. The van der Waals surface area contributed by atoms with Crippen LogP contribution < -0.4 is 16.0 Å². The summed E-state index contributed by atoms with van der Waals surface area (Å²) in [6.07, 6.45) is 8.85. The largest absolute Gasteiger partial charge is 0.480 e. The zero-order valence-corrected chi connectivity index (χ0v) is 31.8. The highest BCUT2D eigenvalue weighted by Gasteiger charge is 2.51. The van der Waals surface area contributed by atoms with Crippen molar-refractivity contribution in [3.8, 4) is 0 Å². The van der Waals surface area contributed by atoms with Crippen LogP contribution in [0.5, 0.6) is 0 Å². The summed E-state index contributed by atoms with van der Waals surface area (Å²) in [7, 11) is 0. The summed E-state index contributed by atoms with van der Waals surface area (Å²) in [5, 5.41) is 23.7. The molecule has 0 unspecified atom stereocenters. The van der Waals surface area contributed by atoms with Gasteiger partial charge in [-0.15, -0.1) is 0 Å². The molecule has 3 aromatic rings. The molecule has 300 valence electrons. The summed E-state index contributed by atoms with van der Waals surface area (Å²) in [4.78, 5) is 94.0. The number of hydrogen-bond donors (Lipinski definition) is 4. The number of nitrogens with zero attached hydrogens (tertiary/aromatic N) is 8. The molecule has 5 saturated heterocycles. The van der Waals surface area contributed by atoms with E-state index in [-0.39, 0.29) is 59.5 Å². The summed E-state index contributed by atoms with van der Waals surface area (Å²) in [5.74, 6) is -2.30. The Bertz CT molecular complexity index is 2140. The minimum absolute atomic E-state index is 0.00385. The van der Waals surface area contributed by atoms with Crippen LogP contribution in [-0.4, -0.2) is 137 Å². The molecule has 2 aromatic heterocycles. The molecule has 8 heterocycles. The molecular weight excluding hydrogens is 734 g/mol. The maximum Gasteiger partial charge on any atom is 0.326 e. The summed E-state index contributed by atoms with van der Waals surface area (Å²) < 4.78 is 2.07. The first-order valence-corrected chi connectivity index (χ1v) is 20.1. The second-order valence-corrected chi connectivity index (χ2v) is 16.4. The molecule has 3 atom stereocenters. The van der Waals surface area contributed by atoms with E-state index in [4.69, 9.17) is 0 Å². The van der Waals surface area contributed by atoms with E-state index >= 15 is 0 Å². The average molecular weight is 782 g/mol. The topological polar surface area (TPSA) is 215 Å². The molecule has 4 N–H and O–H groups in total. The molecule has 2 bridgehead atoms. The smallest absolute Gasteiger partial charge is 0.326 e. The van der Waals surface area contributed by atoms with Gasteiger partial charge in [-0.05, 0) is 81.5 Å². The summed E-state index contributed by atoms with van der Waals surface area (Å²) in [6, 6.07) is 2.64. The molecule has 0 spiro atoms. The van der Waals surface area contributed by atoms with Gasteiger partial charge in [0.2, 0.25) is 17.7 Å². The number of benzene rings is 1. The predicted octanol–water partition coefficient (Wildman–Crippen LogP) is 1.33. The zero-order chi connectivity index (χ0) is 39.5. The van der Waals surface area contributed by atoms with Crippen LogP contribution in [0.4, 0.5) is 5.82 Å². The Morgan fingerprint density at radius 1 is 0.965 bits per heavy atom. The normalized spacial score (nSPS) is 28.6. The Morgan fingerprint density at radius 2 is 1.74 bits per heavy atom. The third-order valence-electron chi connectivity index (χ3n) is 13.0. The van der Waals surface area contributed by atoms with Gasteiger partial charge in [0.1, 0.15) is 23.9 Å². The van der Waals surface area contributed by atoms with Gasteiger partial charge in [-0.3, -0.25) is 39.0 Å². The first-order chi connectivity index (χ1) is 27.5. The number of hydrazine groups is 1. The third kappa shape index (κ3) is 6.72. The lowest BCUT2D eigenvalue weighted by atomic mass is 9.83. The van der Waals surface area contributed by atoms with E-state index in [1.165, 1.54) is 13.0 Å². The van der Waals surface area contributed by atoms with E-state index in [1.54, 1.807) is 18.5 Å². The molecule has 1 aromatic carbocycles. The molecule has 1 aliphatic carbocycles. The number of carbonyl (C=O) groups excluding carboxylic acids is 5. The van der Waals surface area contributed by atoms with Crippen molar-refractivity contribution in [3.05, 3.63) is 47.5 Å². The maximum atomic E-state index is 14.0. The summed E-state index contributed by atoms with van der Waals surface area (Å²) in [6.45, 7) is 6.04. The Morgan fingerprint density at radius 3 is 2.46 bits per heavy atom. The fourth-order valence-corrected chi connectivity index (χ4v) is 10.0. The zero-order valence-electron chi connectivity index (χ0n) is 31.8. The number of imidazole rings is 1. The molecule has 0 radical (unpaired) electrons. The maximum absolute atomic E-state index is 14.0. The van der Waals surface area contributed by atoms with Gasteiger partial charge in [-0.25, -0.2) is 25.0 Å². The van der Waals surface area contributed by atoms with Gasteiger partial charge < -0.3 is 25.2 Å². The van der Waals surface area contributed by atoms with E-state index < -0.39 is 41.7 Å². The number of carboxylic acids is 1. The van der Waals surface area contributed by atoms with Crippen molar-refractivity contribution in [1.29, 1.82) is 0 Å². The van der Waals surface area contributed by atoms with Gasteiger partial charge >= 0.3 is 5.97 Å². The lowest BCUT2D eigenvalue weighted by Gasteiger charge is -2.56. The number of hydrogen-bond acceptors (Lipinski definition) is 13. The molecule has 57 heavy (non-hydrogen) atoms. The van der Waals surface area contributed by atoms with Crippen LogP contribution >= 0.6 is 0 Å². The van der Waals surface area contributed by atoms with E-state index in [2.05, 4.69) is 45.4 Å². The quantitative estimate of drug-likeness (QED) is 0.202. The summed E-state index contributed by atoms with van der Waals surface area (Å²) >= 11 is 0. The van der Waals surface area contributed by atoms with Gasteiger partial charge in [0.15, 0.2) is 11.5 Å². The van der Waals surface area contributed by atoms with Gasteiger partial charge in [0.25, 0.3) is 11.8 Å². The van der Waals surface area contributed by atoms with Gasteiger partial charge in [-0.1, -0.05) is 12.1 Å². The van der Waals surface area contributed by atoms with E-state index in [0.717, 1.165) is 74.2 Å². The van der Waals surface area contributed by atoms with Crippen molar-refractivity contribution in [2.24, 2.45) is 11.8 Å². The number of nitrogens with one attached hydrogen (secondary N) is 3. The van der Waals surface area contributed by atoms with Crippen molar-refractivity contribution >= 4 is 52.5 Å². The molecule has 6 aliphatic heterocycles. The average Bonchev–Trinajstić information content (AvgIpc) is 3.72. The van der Waals surface area contributed by atoms with Crippen LogP contribution in [0.25, 0.3) is 11.2 Å². The van der Waals surface area contributed by atoms with Gasteiger partial charge in [0.05, 0.1) is 17.5 Å². The molecule has 18 nitrogen and oxygen atoms in total. The standard InChI is InChI=1S/C39H47N11O7/c1-21(51)44-24-15-25(16-24)48-20-43-32-34(41-19-42-35(32)48)40-17-22-7-11-46(12-8-22)18-29-23-9-13-47(14-10-23)50(29)33(39(56)57)26-3-2-4-27-31(26)38(55)49(37(27)54)28-5-6-30(52)45-36(28)53/h2-4,19-20,22-25,28-29,33H,5-18H2,1H3,(H,44,51)(H,56,57)(H,40,41,42)(H,45,52,53)/t24?,25?,28-,29+,33-/m0/s1. The molecule has 10 rings (SSSR count). The number of aromatic nitrogens is 4. The number of carbonyl (C=O) groups is 6. The highest BCUT2D eigenvalue weighted by atomic mass is 16.4. The van der Waals surface area contributed by atoms with Crippen LogP contribution in [0.3, 0.4) is 0 Å². The number of aliphatic carboxylic acids is 1. The van der Waals surface area contributed by atoms with Gasteiger partial charge in [-0.2, -0.15) is 0 Å². The number of fused-ring (bicyclic) bond motifs is 5. The lowest BCUT2D eigenvalue weighted by Crippen LogP contribution is -2.66. The van der Waals surface area contributed by atoms with E-state index in [9.17, 15) is 33.9 Å². The van der Waals surface area contributed by atoms with Crippen LogP contribution in [-0.2, 0) is 19.2 Å². The number of amides is 5. The highest BCUT2D eigenvalue weighted by molar-refractivity contribution is 6.24. The monoisotopic (exact) mass is 781 g/mol. The number of imide groups is 2. The van der Waals surface area contributed by atoms with E-state index in [1.807, 2.05) is 11.3 Å². The van der Waals surface area contributed by atoms with Crippen LogP contribution in [0.2, 0.25) is 0 Å². The fourth-order valence-electron chi connectivity index (χ4n) is 10.0. The van der Waals surface area contributed by atoms with Crippen molar-refractivity contribution in [2.75, 3.05) is 44.6 Å². The first-order valence-electron chi connectivity index (χ1n) is 20.1. The number of piperidine rings is 3. The van der Waals surface area contributed by atoms with Crippen molar-refractivity contribution in [1.82, 2.24) is 50.0 Å². The second-order valence-electron chi connectivity index (χ2n) is 16.4. The number of likely N-dealkylation sites (tertiary alicyclic amines) is 1. The molecule has 7 aliphatic rings. The summed E-state index contributed by atoms with van der Waals surface area (Å²) in [5.41, 5.74) is 1.83. The van der Waals surface area contributed by atoms with Crippen LogP contribution in [0.15, 0.2) is 30.9 Å². The molecule has 5 amide bonds. The van der Waals surface area contributed by atoms with Crippen LogP contribution in [0, 0.1) is 11.8 Å². The minimum atomic E-state index is -1.22. The number of anilines is 1. The van der Waals surface area contributed by atoms with Gasteiger partial charge in [0, 0.05) is 57.6 Å². The second kappa shape index (κ2) is 14.9. The Kier molecular flexibility index (Phi) is 9.72. The molecule has 1 saturated carbocycles. The van der Waals surface area contributed by atoms with E-state index in [0.29, 0.717) is 31.4 Å². The Balaban J connectivity index is 0.868.